The third-order valence-corrected chi connectivity index (χ3v) is 4.63. The van der Waals surface area contributed by atoms with Crippen LogP contribution in [0.3, 0.4) is 0 Å². The fourth-order valence-corrected chi connectivity index (χ4v) is 3.18. The highest BCUT2D eigenvalue weighted by Crippen LogP contribution is 2.26. The molecule has 9 heteroatoms. The molecule has 0 bridgehead atoms. The molecule has 0 aliphatic heterocycles. The van der Waals surface area contributed by atoms with Crippen LogP contribution in [-0.4, -0.2) is 41.6 Å². The van der Waals surface area contributed by atoms with Gasteiger partial charge in [-0.3, -0.25) is 9.20 Å². The van der Waals surface area contributed by atoms with Gasteiger partial charge in [-0.05, 0) is 37.6 Å². The molecular formula is C21H24F2N4O3. The summed E-state index contributed by atoms with van der Waals surface area (Å²) in [7, 11) is 1.53. The number of hydrogen-bond donors (Lipinski definition) is 2. The summed E-state index contributed by atoms with van der Waals surface area (Å²) in [6.45, 7) is 3.71. The third kappa shape index (κ3) is 4.42. The fourth-order valence-electron chi connectivity index (χ4n) is 3.18. The molecule has 2 heterocycles. The molecule has 1 atom stereocenters. The van der Waals surface area contributed by atoms with Crippen LogP contribution in [-0.2, 0) is 11.3 Å². The molecule has 1 aromatic carbocycles. The number of carbonyl (C=O) groups is 1. The molecular weight excluding hydrogens is 394 g/mol. The summed E-state index contributed by atoms with van der Waals surface area (Å²) in [5.74, 6) is -1.43. The number of methoxy groups -OCH3 is 1. The Morgan fingerprint density at radius 3 is 2.63 bits per heavy atom. The van der Waals surface area contributed by atoms with Gasteiger partial charge in [0.2, 0.25) is 0 Å². The van der Waals surface area contributed by atoms with Crippen LogP contribution in [0.15, 0.2) is 30.5 Å². The highest BCUT2D eigenvalue weighted by Gasteiger charge is 2.22. The zero-order valence-electron chi connectivity index (χ0n) is 17.0. The SMILES string of the molecule is COCC(CN)NC(=O)c1c(C)nc2c(OCc3c(F)cccc3F)cc(C)cn12. The molecule has 7 nitrogen and oxygen atoms in total. The number of hydrogen-bond acceptors (Lipinski definition) is 5. The van der Waals surface area contributed by atoms with Gasteiger partial charge < -0.3 is 20.5 Å². The van der Waals surface area contributed by atoms with Crippen molar-refractivity contribution in [1.29, 1.82) is 0 Å². The van der Waals surface area contributed by atoms with Crippen molar-refractivity contribution in [2.75, 3.05) is 20.3 Å². The van der Waals surface area contributed by atoms with Crippen molar-refractivity contribution >= 4 is 11.6 Å². The summed E-state index contributed by atoms with van der Waals surface area (Å²) >= 11 is 0. The van der Waals surface area contributed by atoms with Crippen LogP contribution in [0.4, 0.5) is 8.78 Å². The Morgan fingerprint density at radius 2 is 2.00 bits per heavy atom. The lowest BCUT2D eigenvalue weighted by molar-refractivity contribution is 0.0894. The van der Waals surface area contributed by atoms with E-state index in [9.17, 15) is 13.6 Å². The molecule has 1 amide bonds. The van der Waals surface area contributed by atoms with Crippen LogP contribution in [0.2, 0.25) is 0 Å². The average molecular weight is 418 g/mol. The van der Waals surface area contributed by atoms with E-state index in [1.54, 1.807) is 23.6 Å². The number of benzene rings is 1. The monoisotopic (exact) mass is 418 g/mol. The Hall–Kier alpha value is -3.04. The number of amides is 1. The maximum Gasteiger partial charge on any atom is 0.270 e. The Morgan fingerprint density at radius 1 is 1.30 bits per heavy atom. The molecule has 0 aliphatic carbocycles. The summed E-state index contributed by atoms with van der Waals surface area (Å²) in [4.78, 5) is 17.3. The van der Waals surface area contributed by atoms with E-state index < -0.39 is 11.6 Å². The number of carbonyl (C=O) groups excluding carboxylic acids is 1. The number of nitrogens with two attached hydrogens (primary N) is 1. The zero-order valence-corrected chi connectivity index (χ0v) is 17.0. The van der Waals surface area contributed by atoms with Crippen LogP contribution >= 0.6 is 0 Å². The molecule has 160 valence electrons. The van der Waals surface area contributed by atoms with Crippen LogP contribution in [0, 0.1) is 25.5 Å². The smallest absolute Gasteiger partial charge is 0.270 e. The van der Waals surface area contributed by atoms with E-state index >= 15 is 0 Å². The first-order valence-corrected chi connectivity index (χ1v) is 9.40. The van der Waals surface area contributed by atoms with Crippen LogP contribution in [0.25, 0.3) is 5.65 Å². The molecule has 0 aliphatic rings. The van der Waals surface area contributed by atoms with Gasteiger partial charge in [0.15, 0.2) is 11.4 Å². The first-order valence-electron chi connectivity index (χ1n) is 9.40. The summed E-state index contributed by atoms with van der Waals surface area (Å²) < 4.78 is 40.2. The number of pyridine rings is 1. The Labute approximate surface area is 172 Å². The van der Waals surface area contributed by atoms with Gasteiger partial charge >= 0.3 is 0 Å². The standard InChI is InChI=1S/C21H24F2N4O3/c1-12-7-18(30-11-15-16(22)5-4-6-17(15)23)20-25-13(2)19(27(20)9-12)21(28)26-14(8-24)10-29-3/h4-7,9,14H,8,10-11,24H2,1-3H3,(H,26,28). The lowest BCUT2D eigenvalue weighted by Gasteiger charge is -2.16. The third-order valence-electron chi connectivity index (χ3n) is 4.63. The predicted molar refractivity (Wildman–Crippen MR) is 108 cm³/mol. The normalized spacial score (nSPS) is 12.2. The highest BCUT2D eigenvalue weighted by atomic mass is 19.1. The molecule has 3 rings (SSSR count). The minimum atomic E-state index is -0.691. The van der Waals surface area contributed by atoms with Crippen molar-refractivity contribution in [1.82, 2.24) is 14.7 Å². The van der Waals surface area contributed by atoms with Crippen molar-refractivity contribution < 1.29 is 23.0 Å². The quantitative estimate of drug-likeness (QED) is 0.587. The first kappa shape index (κ1) is 21.7. The van der Waals surface area contributed by atoms with Gasteiger partial charge in [-0.2, -0.15) is 0 Å². The predicted octanol–water partition coefficient (Wildman–Crippen LogP) is 2.51. The zero-order chi connectivity index (χ0) is 21.8. The minimum Gasteiger partial charge on any atom is -0.485 e. The van der Waals surface area contributed by atoms with E-state index in [4.69, 9.17) is 15.2 Å². The maximum atomic E-state index is 13.9. The van der Waals surface area contributed by atoms with E-state index in [0.717, 1.165) is 5.56 Å². The van der Waals surface area contributed by atoms with E-state index in [1.165, 1.54) is 25.3 Å². The van der Waals surface area contributed by atoms with Gasteiger partial charge in [0.25, 0.3) is 5.91 Å². The molecule has 3 N–H and O–H groups in total. The van der Waals surface area contributed by atoms with E-state index in [2.05, 4.69) is 10.3 Å². The number of aryl methyl sites for hydroxylation is 2. The lowest BCUT2D eigenvalue weighted by atomic mass is 10.2. The van der Waals surface area contributed by atoms with E-state index in [0.29, 0.717) is 22.8 Å². The number of nitrogens with one attached hydrogen (secondary N) is 1. The number of fused-ring (bicyclic) bond motifs is 1. The van der Waals surface area contributed by atoms with E-state index in [-0.39, 0.29) is 37.3 Å². The Balaban J connectivity index is 1.94. The Kier molecular flexibility index (Phi) is 6.63. The number of halogens is 2. The summed E-state index contributed by atoms with van der Waals surface area (Å²) in [6, 6.07) is 4.99. The Bertz CT molecular complexity index is 1050. The largest absolute Gasteiger partial charge is 0.485 e. The number of nitrogens with zero attached hydrogens (tertiary/aromatic N) is 2. The molecule has 0 spiro atoms. The second-order valence-electron chi connectivity index (χ2n) is 6.97. The van der Waals surface area contributed by atoms with Crippen molar-refractivity contribution in [3.05, 3.63) is 64.6 Å². The summed E-state index contributed by atoms with van der Waals surface area (Å²) in [6.07, 6.45) is 1.74. The molecule has 2 aromatic heterocycles. The maximum absolute atomic E-state index is 13.9. The van der Waals surface area contributed by atoms with Crippen molar-refractivity contribution in [2.45, 2.75) is 26.5 Å². The van der Waals surface area contributed by atoms with Gasteiger partial charge in [-0.25, -0.2) is 13.8 Å². The number of imidazole rings is 1. The molecule has 1 unspecified atom stereocenters. The van der Waals surface area contributed by atoms with Gasteiger partial charge in [0.1, 0.15) is 23.9 Å². The molecule has 3 aromatic rings. The topological polar surface area (TPSA) is 90.9 Å². The van der Waals surface area contributed by atoms with Crippen molar-refractivity contribution in [3.8, 4) is 5.75 Å². The molecule has 30 heavy (non-hydrogen) atoms. The lowest BCUT2D eigenvalue weighted by Crippen LogP contribution is -2.43. The second-order valence-corrected chi connectivity index (χ2v) is 6.97. The van der Waals surface area contributed by atoms with Gasteiger partial charge in [-0.1, -0.05) is 6.07 Å². The minimum absolute atomic E-state index is 0.177. The molecule has 0 saturated carbocycles. The van der Waals surface area contributed by atoms with Crippen molar-refractivity contribution in [2.24, 2.45) is 5.73 Å². The summed E-state index contributed by atoms with van der Waals surface area (Å²) in [5.41, 5.74) is 7.46. The fraction of sp³-hybridized carbons (Fsp3) is 0.333. The second kappa shape index (κ2) is 9.19. The van der Waals surface area contributed by atoms with Crippen LogP contribution < -0.4 is 15.8 Å². The number of ether oxygens (including phenoxy) is 2. The summed E-state index contributed by atoms with van der Waals surface area (Å²) in [5, 5.41) is 2.82. The van der Waals surface area contributed by atoms with Gasteiger partial charge in [0, 0.05) is 19.9 Å². The average Bonchev–Trinajstić information content (AvgIpc) is 3.02. The van der Waals surface area contributed by atoms with Gasteiger partial charge in [0.05, 0.1) is 23.9 Å². The molecule has 0 radical (unpaired) electrons. The first-order chi connectivity index (χ1) is 14.3. The molecule has 0 saturated heterocycles. The van der Waals surface area contributed by atoms with Crippen LogP contribution in [0.5, 0.6) is 5.75 Å². The molecule has 0 fully saturated rings. The van der Waals surface area contributed by atoms with Gasteiger partial charge in [-0.15, -0.1) is 0 Å². The number of rotatable bonds is 8. The number of aromatic nitrogens is 2. The van der Waals surface area contributed by atoms with Crippen molar-refractivity contribution in [3.63, 3.8) is 0 Å². The van der Waals surface area contributed by atoms with Crippen LogP contribution in [0.1, 0.15) is 27.3 Å². The van der Waals surface area contributed by atoms with E-state index in [1.807, 2.05) is 6.92 Å². The highest BCUT2D eigenvalue weighted by molar-refractivity contribution is 5.95.